The van der Waals surface area contributed by atoms with Crippen LogP contribution in [0.25, 0.3) is 33.1 Å². The van der Waals surface area contributed by atoms with E-state index in [1.54, 1.807) is 4.68 Å². The zero-order valence-electron chi connectivity index (χ0n) is 17.7. The van der Waals surface area contributed by atoms with Crippen molar-refractivity contribution in [3.8, 4) is 11.1 Å². The number of imidazole rings is 1. The van der Waals surface area contributed by atoms with Crippen LogP contribution < -0.4 is 5.69 Å². The first kappa shape index (κ1) is 19.0. The zero-order valence-corrected chi connectivity index (χ0v) is 17.7. The molecule has 0 radical (unpaired) electrons. The minimum Gasteiger partial charge on any atom is -0.373 e. The molecule has 0 bridgehead atoms. The van der Waals surface area contributed by atoms with Crippen LogP contribution in [-0.2, 0) is 18.4 Å². The summed E-state index contributed by atoms with van der Waals surface area (Å²) in [5, 5.41) is 6.31. The normalized spacial score (nSPS) is 18.3. The minimum absolute atomic E-state index is 0.103. The zero-order chi connectivity index (χ0) is 21.7. The Kier molecular flexibility index (Phi) is 4.43. The molecule has 0 unspecified atom stereocenters. The molecule has 0 aliphatic heterocycles. The Balaban J connectivity index is 1.33. The first-order valence-electron chi connectivity index (χ1n) is 10.8. The summed E-state index contributed by atoms with van der Waals surface area (Å²) in [6, 6.07) is 16.5. The van der Waals surface area contributed by atoms with Crippen molar-refractivity contribution in [3.05, 3.63) is 83.2 Å². The molecular weight excluding hydrogens is 402 g/mol. The third-order valence-corrected chi connectivity index (χ3v) is 6.35. The van der Waals surface area contributed by atoms with E-state index < -0.39 is 0 Å². The largest absolute Gasteiger partial charge is 0.373 e. The number of ether oxygens (including phenoxy) is 1. The van der Waals surface area contributed by atoms with Gasteiger partial charge in [0.05, 0.1) is 24.4 Å². The summed E-state index contributed by atoms with van der Waals surface area (Å²) >= 11 is 0. The van der Waals surface area contributed by atoms with Crippen molar-refractivity contribution in [1.29, 1.82) is 0 Å². The van der Waals surface area contributed by atoms with E-state index in [4.69, 9.17) is 4.74 Å². The predicted octanol–water partition coefficient (Wildman–Crippen LogP) is 4.20. The van der Waals surface area contributed by atoms with E-state index in [0.29, 0.717) is 12.3 Å². The molecule has 1 saturated carbocycles. The molecule has 6 rings (SSSR count). The molecule has 1 aliphatic rings. The van der Waals surface area contributed by atoms with Crippen LogP contribution in [0.5, 0.6) is 0 Å². The number of H-pyrrole nitrogens is 1. The number of pyridine rings is 1. The molecule has 1 N–H and O–H groups in total. The maximum atomic E-state index is 12.9. The topological polar surface area (TPSA) is 77.7 Å². The van der Waals surface area contributed by atoms with Gasteiger partial charge in [0.25, 0.3) is 0 Å². The van der Waals surface area contributed by atoms with Gasteiger partial charge in [0, 0.05) is 41.8 Å². The summed E-state index contributed by atoms with van der Waals surface area (Å²) in [6.45, 7) is 0.597. The van der Waals surface area contributed by atoms with E-state index >= 15 is 0 Å². The van der Waals surface area contributed by atoms with Crippen molar-refractivity contribution in [2.75, 3.05) is 0 Å². The van der Waals surface area contributed by atoms with Crippen LogP contribution in [0.4, 0.5) is 0 Å². The highest BCUT2D eigenvalue weighted by Gasteiger charge is 2.34. The number of nitrogens with zero attached hydrogens (tertiary/aromatic N) is 4. The van der Waals surface area contributed by atoms with E-state index in [1.165, 1.54) is 5.56 Å². The van der Waals surface area contributed by atoms with E-state index in [1.807, 2.05) is 48.4 Å². The van der Waals surface area contributed by atoms with Gasteiger partial charge in [-0.2, -0.15) is 5.10 Å². The summed E-state index contributed by atoms with van der Waals surface area (Å²) in [5.74, 6) is 0. The van der Waals surface area contributed by atoms with Gasteiger partial charge in [-0.1, -0.05) is 42.5 Å². The number of hydrogen-bond acceptors (Lipinski definition) is 4. The Morgan fingerprint density at radius 1 is 1.09 bits per heavy atom. The van der Waals surface area contributed by atoms with Crippen LogP contribution >= 0.6 is 0 Å². The Labute approximate surface area is 184 Å². The van der Waals surface area contributed by atoms with Gasteiger partial charge in [-0.25, -0.2) is 9.78 Å². The van der Waals surface area contributed by atoms with Crippen LogP contribution in [0.2, 0.25) is 0 Å². The average Bonchev–Trinajstić information content (AvgIpc) is 3.36. The molecule has 7 nitrogen and oxygen atoms in total. The van der Waals surface area contributed by atoms with Crippen molar-refractivity contribution in [2.24, 2.45) is 7.05 Å². The summed E-state index contributed by atoms with van der Waals surface area (Å²) in [6.07, 6.45) is 7.45. The molecular formula is C25H23N5O2. The third kappa shape index (κ3) is 3.22. The number of rotatable bonds is 5. The van der Waals surface area contributed by atoms with Crippen molar-refractivity contribution in [2.45, 2.75) is 31.6 Å². The first-order chi connectivity index (χ1) is 15.7. The molecule has 5 aromatic rings. The molecule has 7 heteroatoms. The van der Waals surface area contributed by atoms with E-state index in [-0.39, 0.29) is 17.8 Å². The van der Waals surface area contributed by atoms with Gasteiger partial charge in [-0.3, -0.25) is 14.2 Å². The molecule has 2 aromatic carbocycles. The van der Waals surface area contributed by atoms with Crippen molar-refractivity contribution >= 4 is 21.9 Å². The smallest absolute Gasteiger partial charge is 0.327 e. The molecule has 0 spiro atoms. The van der Waals surface area contributed by atoms with Gasteiger partial charge < -0.3 is 4.74 Å². The molecule has 0 amide bonds. The lowest BCUT2D eigenvalue weighted by Gasteiger charge is -2.35. The highest BCUT2D eigenvalue weighted by Crippen LogP contribution is 2.37. The monoisotopic (exact) mass is 425 g/mol. The Morgan fingerprint density at radius 3 is 2.72 bits per heavy atom. The summed E-state index contributed by atoms with van der Waals surface area (Å²) in [7, 11) is 1.91. The van der Waals surface area contributed by atoms with E-state index in [0.717, 1.165) is 40.3 Å². The number of aromatic amines is 1. The minimum atomic E-state index is -0.113. The van der Waals surface area contributed by atoms with Crippen LogP contribution in [-0.4, -0.2) is 30.4 Å². The molecule has 3 aromatic heterocycles. The fourth-order valence-corrected chi connectivity index (χ4v) is 4.57. The van der Waals surface area contributed by atoms with Crippen LogP contribution in [0.3, 0.4) is 0 Å². The van der Waals surface area contributed by atoms with Gasteiger partial charge in [0.1, 0.15) is 0 Å². The Morgan fingerprint density at radius 2 is 1.94 bits per heavy atom. The van der Waals surface area contributed by atoms with Crippen molar-refractivity contribution < 1.29 is 4.74 Å². The number of aryl methyl sites for hydroxylation is 1. The number of benzene rings is 2. The quantitative estimate of drug-likeness (QED) is 0.458. The number of nitrogens with one attached hydrogen (secondary N) is 1. The second-order valence-corrected chi connectivity index (χ2v) is 8.50. The molecule has 0 saturated heterocycles. The standard InChI is InChI=1S/C25H23N5O2/c1-29-14-19(13-27-29)17-7-8-18-12-26-24-23(22(18)9-17)30(25(31)28-24)20-10-21(11-20)32-15-16-5-3-2-4-6-16/h2-9,12-14,20-21H,10-11,15H2,1H3,(H,26,28,31). The number of hydrogen-bond donors (Lipinski definition) is 1. The average molecular weight is 425 g/mol. The predicted molar refractivity (Wildman–Crippen MR) is 123 cm³/mol. The lowest BCUT2D eigenvalue weighted by atomic mass is 9.88. The lowest BCUT2D eigenvalue weighted by molar-refractivity contribution is -0.0354. The fourth-order valence-electron chi connectivity index (χ4n) is 4.57. The van der Waals surface area contributed by atoms with Crippen LogP contribution in [0, 0.1) is 0 Å². The molecule has 160 valence electrons. The summed E-state index contributed by atoms with van der Waals surface area (Å²) in [5.41, 5.74) is 4.65. The van der Waals surface area contributed by atoms with Crippen molar-refractivity contribution in [1.82, 2.24) is 24.3 Å². The van der Waals surface area contributed by atoms with Crippen molar-refractivity contribution in [3.63, 3.8) is 0 Å². The van der Waals surface area contributed by atoms with Gasteiger partial charge >= 0.3 is 5.69 Å². The number of fused-ring (bicyclic) bond motifs is 3. The molecule has 1 aliphatic carbocycles. The van der Waals surface area contributed by atoms with Gasteiger partial charge in [-0.05, 0) is 30.0 Å². The fraction of sp³-hybridized carbons (Fsp3) is 0.240. The molecule has 3 heterocycles. The van der Waals surface area contributed by atoms with Crippen LogP contribution in [0.1, 0.15) is 24.4 Å². The maximum absolute atomic E-state index is 12.9. The summed E-state index contributed by atoms with van der Waals surface area (Å²) < 4.78 is 9.73. The van der Waals surface area contributed by atoms with Crippen LogP contribution in [0.15, 0.2) is 71.9 Å². The maximum Gasteiger partial charge on any atom is 0.327 e. The van der Waals surface area contributed by atoms with E-state index in [2.05, 4.69) is 45.4 Å². The van der Waals surface area contributed by atoms with Gasteiger partial charge in [0.15, 0.2) is 5.65 Å². The highest BCUT2D eigenvalue weighted by molar-refractivity contribution is 6.04. The Hall–Kier alpha value is -3.71. The second kappa shape index (κ2) is 7.46. The van der Waals surface area contributed by atoms with E-state index in [9.17, 15) is 4.79 Å². The van der Waals surface area contributed by atoms with Gasteiger partial charge in [-0.15, -0.1) is 0 Å². The molecule has 0 atom stereocenters. The van der Waals surface area contributed by atoms with Gasteiger partial charge in [0.2, 0.25) is 0 Å². The molecule has 32 heavy (non-hydrogen) atoms. The molecule has 1 fully saturated rings. The highest BCUT2D eigenvalue weighted by atomic mass is 16.5. The SMILES string of the molecule is Cn1cc(-c2ccc3cnc4[nH]c(=O)n(C5CC(OCc6ccccc6)C5)c4c3c2)cn1. The second-order valence-electron chi connectivity index (χ2n) is 8.50. The lowest BCUT2D eigenvalue weighted by Crippen LogP contribution is -2.37. The summed E-state index contributed by atoms with van der Waals surface area (Å²) in [4.78, 5) is 20.3. The third-order valence-electron chi connectivity index (χ3n) is 6.35. The number of aromatic nitrogens is 5. The Bertz CT molecular complexity index is 1480. The first-order valence-corrected chi connectivity index (χ1v) is 10.8.